The standard InChI is InChI=1S/C14H18N2O4/c1-14(2,3)20-13(18)16-11-7-8-15-9-10(11)5-6-12(17)19-4/h5-9H,1-4H3,(H,15,16,18). The van der Waals surface area contributed by atoms with Crippen LogP contribution in [0.4, 0.5) is 10.5 Å². The molecule has 0 spiro atoms. The Morgan fingerprint density at radius 1 is 1.35 bits per heavy atom. The molecule has 0 radical (unpaired) electrons. The van der Waals surface area contributed by atoms with E-state index < -0.39 is 17.7 Å². The van der Waals surface area contributed by atoms with Crippen molar-refractivity contribution >= 4 is 23.8 Å². The highest BCUT2D eigenvalue weighted by Crippen LogP contribution is 2.17. The number of hydrogen-bond donors (Lipinski definition) is 1. The molecule has 0 aliphatic rings. The van der Waals surface area contributed by atoms with Gasteiger partial charge in [-0.15, -0.1) is 0 Å². The minimum absolute atomic E-state index is 0.489. The lowest BCUT2D eigenvalue weighted by molar-refractivity contribution is -0.134. The minimum atomic E-state index is -0.584. The van der Waals surface area contributed by atoms with Crippen molar-refractivity contribution in [1.82, 2.24) is 4.98 Å². The smallest absolute Gasteiger partial charge is 0.412 e. The second-order valence-electron chi connectivity index (χ2n) is 4.95. The van der Waals surface area contributed by atoms with Crippen LogP contribution in [-0.2, 0) is 14.3 Å². The number of carbonyl (C=O) groups is 2. The molecule has 1 rings (SSSR count). The van der Waals surface area contributed by atoms with Crippen LogP contribution in [0.25, 0.3) is 6.08 Å². The van der Waals surface area contributed by atoms with E-state index in [2.05, 4.69) is 15.0 Å². The van der Waals surface area contributed by atoms with Gasteiger partial charge < -0.3 is 9.47 Å². The van der Waals surface area contributed by atoms with E-state index in [-0.39, 0.29) is 0 Å². The normalized spacial score (nSPS) is 11.2. The van der Waals surface area contributed by atoms with Gasteiger partial charge >= 0.3 is 12.1 Å². The maximum absolute atomic E-state index is 11.7. The van der Waals surface area contributed by atoms with Crippen LogP contribution >= 0.6 is 0 Å². The number of anilines is 1. The largest absolute Gasteiger partial charge is 0.466 e. The van der Waals surface area contributed by atoms with E-state index >= 15 is 0 Å². The summed E-state index contributed by atoms with van der Waals surface area (Å²) in [6, 6.07) is 1.61. The van der Waals surface area contributed by atoms with Gasteiger partial charge in [-0.1, -0.05) is 0 Å². The van der Waals surface area contributed by atoms with Crippen LogP contribution < -0.4 is 5.32 Å². The highest BCUT2D eigenvalue weighted by Gasteiger charge is 2.16. The third-order valence-electron chi connectivity index (χ3n) is 2.09. The van der Waals surface area contributed by atoms with Gasteiger partial charge in [0.1, 0.15) is 5.60 Å². The van der Waals surface area contributed by atoms with E-state index in [0.29, 0.717) is 11.3 Å². The van der Waals surface area contributed by atoms with Crippen molar-refractivity contribution in [3.8, 4) is 0 Å². The number of ether oxygens (including phenoxy) is 2. The number of nitrogens with zero attached hydrogens (tertiary/aromatic N) is 1. The summed E-state index contributed by atoms with van der Waals surface area (Å²) < 4.78 is 9.66. The van der Waals surface area contributed by atoms with Crippen molar-refractivity contribution in [1.29, 1.82) is 0 Å². The number of rotatable bonds is 3. The van der Waals surface area contributed by atoms with E-state index in [0.717, 1.165) is 0 Å². The van der Waals surface area contributed by atoms with Crippen molar-refractivity contribution in [3.05, 3.63) is 30.1 Å². The monoisotopic (exact) mass is 278 g/mol. The molecule has 0 saturated carbocycles. The maximum atomic E-state index is 11.7. The Balaban J connectivity index is 2.83. The van der Waals surface area contributed by atoms with Gasteiger partial charge in [0.25, 0.3) is 0 Å². The number of aromatic nitrogens is 1. The van der Waals surface area contributed by atoms with E-state index in [9.17, 15) is 9.59 Å². The van der Waals surface area contributed by atoms with E-state index in [1.54, 1.807) is 26.8 Å². The second-order valence-corrected chi connectivity index (χ2v) is 4.95. The van der Waals surface area contributed by atoms with Crippen LogP contribution in [0.2, 0.25) is 0 Å². The summed E-state index contributed by atoms with van der Waals surface area (Å²) in [5, 5.41) is 2.60. The summed E-state index contributed by atoms with van der Waals surface area (Å²) in [4.78, 5) is 26.7. The summed E-state index contributed by atoms with van der Waals surface area (Å²) in [6.45, 7) is 5.32. The zero-order valence-corrected chi connectivity index (χ0v) is 12.0. The molecule has 0 bridgehead atoms. The summed E-state index contributed by atoms with van der Waals surface area (Å²) >= 11 is 0. The molecule has 0 aromatic carbocycles. The fourth-order valence-corrected chi connectivity index (χ4v) is 1.29. The lowest BCUT2D eigenvalue weighted by Crippen LogP contribution is -2.27. The molecule has 1 aromatic rings. The van der Waals surface area contributed by atoms with Crippen molar-refractivity contribution < 1.29 is 19.1 Å². The van der Waals surface area contributed by atoms with Crippen LogP contribution in [0.1, 0.15) is 26.3 Å². The first-order chi connectivity index (χ1) is 9.31. The average molecular weight is 278 g/mol. The first-order valence-corrected chi connectivity index (χ1v) is 6.02. The van der Waals surface area contributed by atoms with Crippen LogP contribution in [0, 0.1) is 0 Å². The van der Waals surface area contributed by atoms with Crippen LogP contribution in [-0.4, -0.2) is 29.8 Å². The first-order valence-electron chi connectivity index (χ1n) is 6.02. The maximum Gasteiger partial charge on any atom is 0.412 e. The highest BCUT2D eigenvalue weighted by atomic mass is 16.6. The van der Waals surface area contributed by atoms with E-state index in [1.807, 2.05) is 0 Å². The molecule has 0 aliphatic carbocycles. The topological polar surface area (TPSA) is 77.5 Å². The first kappa shape index (κ1) is 15.7. The van der Waals surface area contributed by atoms with E-state index in [1.165, 1.54) is 31.7 Å². The second kappa shape index (κ2) is 6.70. The number of amides is 1. The van der Waals surface area contributed by atoms with Crippen LogP contribution in [0.15, 0.2) is 24.5 Å². The van der Waals surface area contributed by atoms with Crippen LogP contribution in [0.3, 0.4) is 0 Å². The lowest BCUT2D eigenvalue weighted by Gasteiger charge is -2.20. The quantitative estimate of drug-likeness (QED) is 0.679. The summed E-state index contributed by atoms with van der Waals surface area (Å²) in [6.07, 6.45) is 5.23. The number of methoxy groups -OCH3 is 1. The molecule has 6 nitrogen and oxygen atoms in total. The molecule has 108 valence electrons. The van der Waals surface area contributed by atoms with Gasteiger partial charge in [-0.05, 0) is 32.9 Å². The van der Waals surface area contributed by atoms with Gasteiger partial charge in [-0.25, -0.2) is 9.59 Å². The lowest BCUT2D eigenvalue weighted by atomic mass is 10.2. The van der Waals surface area contributed by atoms with Gasteiger partial charge in [-0.2, -0.15) is 0 Å². The molecule has 1 heterocycles. The Bertz CT molecular complexity index is 518. The molecule has 6 heteroatoms. The fourth-order valence-electron chi connectivity index (χ4n) is 1.29. The molecule has 1 amide bonds. The zero-order chi connectivity index (χ0) is 15.2. The minimum Gasteiger partial charge on any atom is -0.466 e. The number of hydrogen-bond acceptors (Lipinski definition) is 5. The highest BCUT2D eigenvalue weighted by molar-refractivity contribution is 5.91. The average Bonchev–Trinajstić information content (AvgIpc) is 2.35. The van der Waals surface area contributed by atoms with Gasteiger partial charge in [0, 0.05) is 24.0 Å². The molecule has 1 aromatic heterocycles. The molecule has 1 N–H and O–H groups in total. The van der Waals surface area contributed by atoms with Crippen molar-refractivity contribution in [2.75, 3.05) is 12.4 Å². The van der Waals surface area contributed by atoms with Gasteiger partial charge in [0.2, 0.25) is 0 Å². The van der Waals surface area contributed by atoms with Crippen molar-refractivity contribution in [2.24, 2.45) is 0 Å². The third-order valence-corrected chi connectivity index (χ3v) is 2.09. The number of carbonyl (C=O) groups excluding carboxylic acids is 2. The molecular formula is C14H18N2O4. The predicted molar refractivity (Wildman–Crippen MR) is 75.1 cm³/mol. The van der Waals surface area contributed by atoms with Crippen molar-refractivity contribution in [2.45, 2.75) is 26.4 Å². The SMILES string of the molecule is COC(=O)C=Cc1cnccc1NC(=O)OC(C)(C)C. The third kappa shape index (κ3) is 5.51. The number of nitrogens with one attached hydrogen (secondary N) is 1. The summed E-state index contributed by atoms with van der Waals surface area (Å²) in [5.74, 6) is -0.489. The Morgan fingerprint density at radius 2 is 2.05 bits per heavy atom. The molecule has 0 saturated heterocycles. The predicted octanol–water partition coefficient (Wildman–Crippen LogP) is 2.61. The van der Waals surface area contributed by atoms with Crippen molar-refractivity contribution in [3.63, 3.8) is 0 Å². The van der Waals surface area contributed by atoms with Gasteiger partial charge in [0.05, 0.1) is 12.8 Å². The Labute approximate surface area is 117 Å². The molecule has 0 fully saturated rings. The Hall–Kier alpha value is -2.37. The summed E-state index contributed by atoms with van der Waals surface area (Å²) in [5.41, 5.74) is 0.484. The molecule has 0 aliphatic heterocycles. The Kier molecular flexibility index (Phi) is 5.25. The van der Waals surface area contributed by atoms with Crippen LogP contribution in [0.5, 0.6) is 0 Å². The molecular weight excluding hydrogens is 260 g/mol. The molecule has 0 atom stereocenters. The Morgan fingerprint density at radius 3 is 2.65 bits per heavy atom. The fraction of sp³-hybridized carbons (Fsp3) is 0.357. The molecule has 20 heavy (non-hydrogen) atoms. The molecule has 0 unspecified atom stereocenters. The number of esters is 1. The van der Waals surface area contributed by atoms with E-state index in [4.69, 9.17) is 4.74 Å². The number of pyridine rings is 1. The summed E-state index contributed by atoms with van der Waals surface area (Å²) in [7, 11) is 1.29. The van der Waals surface area contributed by atoms with Gasteiger partial charge in [0.15, 0.2) is 0 Å². The zero-order valence-electron chi connectivity index (χ0n) is 12.0. The van der Waals surface area contributed by atoms with Gasteiger partial charge in [-0.3, -0.25) is 10.3 Å².